The van der Waals surface area contributed by atoms with Crippen LogP contribution in [0, 0.1) is 0 Å². The summed E-state index contributed by atoms with van der Waals surface area (Å²) in [5, 5.41) is 9.83. The number of hydrazine groups is 1. The molecule has 0 atom stereocenters. The Morgan fingerprint density at radius 3 is 2.61 bits per heavy atom. The Balaban J connectivity index is 1.27. The van der Waals surface area contributed by atoms with E-state index in [0.29, 0.717) is 5.69 Å². The van der Waals surface area contributed by atoms with Crippen LogP contribution in [0.5, 0.6) is 0 Å². The van der Waals surface area contributed by atoms with E-state index < -0.39 is 5.91 Å². The van der Waals surface area contributed by atoms with E-state index in [1.807, 2.05) is 66.7 Å². The van der Waals surface area contributed by atoms with Gasteiger partial charge in [-0.2, -0.15) is 5.10 Å². The average Bonchev–Trinajstić information content (AvgIpc) is 3.46. The second-order valence-corrected chi connectivity index (χ2v) is 7.13. The molecule has 0 aliphatic heterocycles. The van der Waals surface area contributed by atoms with Crippen molar-refractivity contribution in [1.82, 2.24) is 21.0 Å². The SMILES string of the molecule is O=C(Cc1coc2ccc3ccccc3c12)NNC(=O)c1cc(-c2ccccc2)n[nH]1. The van der Waals surface area contributed by atoms with Crippen LogP contribution >= 0.6 is 0 Å². The van der Waals surface area contributed by atoms with Crippen LogP contribution in [0.3, 0.4) is 0 Å². The summed E-state index contributed by atoms with van der Waals surface area (Å²) in [7, 11) is 0. The molecule has 2 amide bonds. The van der Waals surface area contributed by atoms with Crippen molar-refractivity contribution < 1.29 is 14.0 Å². The van der Waals surface area contributed by atoms with Crippen LogP contribution in [0.1, 0.15) is 16.1 Å². The van der Waals surface area contributed by atoms with E-state index in [-0.39, 0.29) is 18.0 Å². The van der Waals surface area contributed by atoms with Gasteiger partial charge in [-0.15, -0.1) is 0 Å². The van der Waals surface area contributed by atoms with Gasteiger partial charge >= 0.3 is 0 Å². The molecule has 7 heteroatoms. The molecule has 0 aliphatic carbocycles. The molecular weight excluding hydrogens is 392 g/mol. The van der Waals surface area contributed by atoms with Crippen molar-refractivity contribution in [2.24, 2.45) is 0 Å². The summed E-state index contributed by atoms with van der Waals surface area (Å²) in [4.78, 5) is 24.8. The zero-order valence-corrected chi connectivity index (χ0v) is 16.4. The van der Waals surface area contributed by atoms with E-state index in [0.717, 1.165) is 32.9 Å². The van der Waals surface area contributed by atoms with Gasteiger partial charge in [-0.3, -0.25) is 25.5 Å². The highest BCUT2D eigenvalue weighted by atomic mass is 16.3. The molecule has 0 radical (unpaired) electrons. The molecule has 31 heavy (non-hydrogen) atoms. The summed E-state index contributed by atoms with van der Waals surface area (Å²) in [5.41, 5.74) is 8.13. The number of hydrogen-bond donors (Lipinski definition) is 3. The van der Waals surface area contributed by atoms with Crippen LogP contribution in [0.15, 0.2) is 83.5 Å². The topological polar surface area (TPSA) is 100 Å². The summed E-state index contributed by atoms with van der Waals surface area (Å²) < 4.78 is 5.62. The largest absolute Gasteiger partial charge is 0.464 e. The fourth-order valence-corrected chi connectivity index (χ4v) is 3.61. The van der Waals surface area contributed by atoms with Gasteiger partial charge in [-0.25, -0.2) is 0 Å². The monoisotopic (exact) mass is 410 g/mol. The first-order chi connectivity index (χ1) is 15.2. The maximum absolute atomic E-state index is 12.5. The third-order valence-electron chi connectivity index (χ3n) is 5.10. The molecular formula is C24H18N4O3. The second kappa shape index (κ2) is 7.79. The quantitative estimate of drug-likeness (QED) is 0.390. The van der Waals surface area contributed by atoms with E-state index in [9.17, 15) is 9.59 Å². The van der Waals surface area contributed by atoms with Gasteiger partial charge in [0.15, 0.2) is 0 Å². The lowest BCUT2D eigenvalue weighted by atomic mass is 10.0. The van der Waals surface area contributed by atoms with Gasteiger partial charge in [0.1, 0.15) is 11.3 Å². The van der Waals surface area contributed by atoms with E-state index in [2.05, 4.69) is 21.0 Å². The molecule has 0 fully saturated rings. The van der Waals surface area contributed by atoms with E-state index in [4.69, 9.17) is 4.42 Å². The molecule has 0 unspecified atom stereocenters. The number of furan rings is 1. The first-order valence-electron chi connectivity index (χ1n) is 9.77. The Kier molecular flexibility index (Phi) is 4.68. The van der Waals surface area contributed by atoms with Crippen LogP contribution in [0.25, 0.3) is 33.0 Å². The molecule has 0 bridgehead atoms. The number of amides is 2. The van der Waals surface area contributed by atoms with Gasteiger partial charge in [0, 0.05) is 16.5 Å². The molecule has 5 aromatic rings. The summed E-state index contributed by atoms with van der Waals surface area (Å²) in [6, 6.07) is 22.9. The number of fused-ring (bicyclic) bond motifs is 3. The van der Waals surface area contributed by atoms with Crippen molar-refractivity contribution in [3.8, 4) is 11.3 Å². The third kappa shape index (κ3) is 3.64. The lowest BCUT2D eigenvalue weighted by Gasteiger charge is -2.06. The lowest BCUT2D eigenvalue weighted by molar-refractivity contribution is -0.121. The fourth-order valence-electron chi connectivity index (χ4n) is 3.61. The third-order valence-corrected chi connectivity index (χ3v) is 5.10. The number of aromatic amines is 1. The summed E-state index contributed by atoms with van der Waals surface area (Å²) in [6.45, 7) is 0. The van der Waals surface area contributed by atoms with Crippen molar-refractivity contribution in [2.45, 2.75) is 6.42 Å². The summed E-state index contributed by atoms with van der Waals surface area (Å²) in [5.74, 6) is -0.836. The number of carbonyl (C=O) groups excluding carboxylic acids is 2. The molecule has 5 rings (SSSR count). The maximum atomic E-state index is 12.5. The Morgan fingerprint density at radius 2 is 1.74 bits per heavy atom. The van der Waals surface area contributed by atoms with Gasteiger partial charge in [0.05, 0.1) is 18.4 Å². The number of hydrogen-bond acceptors (Lipinski definition) is 4. The normalized spacial score (nSPS) is 11.0. The Hall–Kier alpha value is -4.39. The first-order valence-corrected chi connectivity index (χ1v) is 9.77. The Bertz CT molecular complexity index is 1400. The number of carbonyl (C=O) groups is 2. The molecule has 7 nitrogen and oxygen atoms in total. The summed E-state index contributed by atoms with van der Waals surface area (Å²) >= 11 is 0. The first kappa shape index (κ1) is 18.6. The van der Waals surface area contributed by atoms with Crippen LogP contribution in [-0.2, 0) is 11.2 Å². The number of benzene rings is 3. The maximum Gasteiger partial charge on any atom is 0.287 e. The Labute approximate surface area is 177 Å². The van der Waals surface area contributed by atoms with E-state index in [1.54, 1.807) is 12.3 Å². The number of nitrogens with one attached hydrogen (secondary N) is 3. The molecule has 0 saturated heterocycles. The van der Waals surface area contributed by atoms with Crippen LogP contribution < -0.4 is 10.9 Å². The van der Waals surface area contributed by atoms with Gasteiger partial charge in [-0.1, -0.05) is 60.7 Å². The highest BCUT2D eigenvalue weighted by molar-refractivity contribution is 6.08. The molecule has 0 aliphatic rings. The molecule has 2 heterocycles. The van der Waals surface area contributed by atoms with Crippen molar-refractivity contribution in [1.29, 1.82) is 0 Å². The standard InChI is InChI=1S/C24H18N4O3/c29-22(12-17-14-31-21-11-10-15-6-4-5-9-18(15)23(17)21)27-28-24(30)20-13-19(25-26-20)16-7-2-1-3-8-16/h1-11,13-14H,12H2,(H,25,26)(H,27,29)(H,28,30). The van der Waals surface area contributed by atoms with Crippen LogP contribution in [0.2, 0.25) is 0 Å². The number of rotatable bonds is 4. The van der Waals surface area contributed by atoms with E-state index in [1.165, 1.54) is 0 Å². The minimum absolute atomic E-state index is 0.0690. The minimum atomic E-state index is -0.481. The smallest absolute Gasteiger partial charge is 0.287 e. The number of H-pyrrole nitrogens is 1. The van der Waals surface area contributed by atoms with Crippen LogP contribution in [0.4, 0.5) is 0 Å². The molecule has 3 N–H and O–H groups in total. The lowest BCUT2D eigenvalue weighted by Crippen LogP contribution is -2.42. The van der Waals surface area contributed by atoms with Crippen LogP contribution in [-0.4, -0.2) is 22.0 Å². The van der Waals surface area contributed by atoms with Crippen molar-refractivity contribution in [2.75, 3.05) is 0 Å². The molecule has 152 valence electrons. The molecule has 0 spiro atoms. The van der Waals surface area contributed by atoms with Crippen molar-refractivity contribution in [3.05, 3.63) is 90.3 Å². The van der Waals surface area contributed by atoms with E-state index >= 15 is 0 Å². The second-order valence-electron chi connectivity index (χ2n) is 7.13. The van der Waals surface area contributed by atoms with Gasteiger partial charge < -0.3 is 4.42 Å². The number of nitrogens with zero attached hydrogens (tertiary/aromatic N) is 1. The van der Waals surface area contributed by atoms with Gasteiger partial charge in [0.2, 0.25) is 5.91 Å². The highest BCUT2D eigenvalue weighted by Gasteiger charge is 2.15. The zero-order chi connectivity index (χ0) is 21.2. The molecule has 3 aromatic carbocycles. The molecule has 0 saturated carbocycles. The zero-order valence-electron chi connectivity index (χ0n) is 16.4. The number of aromatic nitrogens is 2. The Morgan fingerprint density at radius 1 is 0.935 bits per heavy atom. The minimum Gasteiger partial charge on any atom is -0.464 e. The van der Waals surface area contributed by atoms with Gasteiger partial charge in [-0.05, 0) is 22.9 Å². The highest BCUT2D eigenvalue weighted by Crippen LogP contribution is 2.30. The van der Waals surface area contributed by atoms with Crippen molar-refractivity contribution in [3.63, 3.8) is 0 Å². The predicted octanol–water partition coefficient (Wildman–Crippen LogP) is 3.98. The molecule has 2 aromatic heterocycles. The summed E-state index contributed by atoms with van der Waals surface area (Å²) in [6.07, 6.45) is 1.65. The predicted molar refractivity (Wildman–Crippen MR) is 117 cm³/mol. The average molecular weight is 410 g/mol. The van der Waals surface area contributed by atoms with Crippen molar-refractivity contribution >= 4 is 33.6 Å². The van der Waals surface area contributed by atoms with Gasteiger partial charge in [0.25, 0.3) is 5.91 Å². The fraction of sp³-hybridized carbons (Fsp3) is 0.0417.